The van der Waals surface area contributed by atoms with Gasteiger partial charge in [0.05, 0.1) is 17.2 Å². The van der Waals surface area contributed by atoms with Crippen LogP contribution in [-0.4, -0.2) is 5.97 Å². The summed E-state index contributed by atoms with van der Waals surface area (Å²) < 4.78 is 5.41. The molecule has 0 spiro atoms. The third-order valence-electron chi connectivity index (χ3n) is 2.83. The van der Waals surface area contributed by atoms with E-state index in [2.05, 4.69) is 0 Å². The van der Waals surface area contributed by atoms with E-state index in [9.17, 15) is 4.79 Å². The number of carbonyl (C=O) groups excluding carboxylic acids is 1. The third-order valence-corrected chi connectivity index (χ3v) is 2.83. The molecule has 0 bridgehead atoms. The molecule has 94 valence electrons. The van der Waals surface area contributed by atoms with Gasteiger partial charge in [0.2, 0.25) is 0 Å². The first-order valence-corrected chi connectivity index (χ1v) is 5.90. The van der Waals surface area contributed by atoms with Crippen LogP contribution in [0.3, 0.4) is 0 Å². The molecule has 0 saturated heterocycles. The van der Waals surface area contributed by atoms with Gasteiger partial charge >= 0.3 is 5.97 Å². The number of nitrogens with zero attached hydrogens (tertiary/aromatic N) is 1. The fourth-order valence-electron chi connectivity index (χ4n) is 1.83. The lowest BCUT2D eigenvalue weighted by molar-refractivity contribution is 0.0732. The number of rotatable bonds is 2. The van der Waals surface area contributed by atoms with Crippen molar-refractivity contribution in [1.29, 1.82) is 5.26 Å². The van der Waals surface area contributed by atoms with Gasteiger partial charge in [-0.05, 0) is 43.2 Å². The molecule has 0 aliphatic carbocycles. The summed E-state index contributed by atoms with van der Waals surface area (Å²) in [7, 11) is 0. The number of aryl methyl sites for hydroxylation is 2. The lowest BCUT2D eigenvalue weighted by Gasteiger charge is -2.10. The second-order valence-electron chi connectivity index (χ2n) is 4.30. The first-order chi connectivity index (χ1) is 9.11. The topological polar surface area (TPSA) is 50.1 Å². The van der Waals surface area contributed by atoms with E-state index in [0.717, 1.165) is 11.1 Å². The standard InChI is InChI=1S/C16H13NO2/c1-11-5-3-6-12(2)15(11)19-16(18)14-8-4-7-13(9-14)10-17/h3-9H,1-2H3. The van der Waals surface area contributed by atoms with Crippen LogP contribution in [0.25, 0.3) is 0 Å². The summed E-state index contributed by atoms with van der Waals surface area (Å²) >= 11 is 0. The van der Waals surface area contributed by atoms with Crippen LogP contribution in [0.5, 0.6) is 5.75 Å². The first-order valence-electron chi connectivity index (χ1n) is 5.90. The summed E-state index contributed by atoms with van der Waals surface area (Å²) in [6, 6.07) is 14.2. The highest BCUT2D eigenvalue weighted by molar-refractivity contribution is 5.91. The number of hydrogen-bond donors (Lipinski definition) is 0. The van der Waals surface area contributed by atoms with Crippen molar-refractivity contribution in [2.45, 2.75) is 13.8 Å². The normalized spacial score (nSPS) is 9.74. The van der Waals surface area contributed by atoms with Gasteiger partial charge in [0.1, 0.15) is 5.75 Å². The van der Waals surface area contributed by atoms with Gasteiger partial charge in [0.25, 0.3) is 0 Å². The molecule has 3 heteroatoms. The summed E-state index contributed by atoms with van der Waals surface area (Å²) in [6.45, 7) is 3.78. The van der Waals surface area contributed by atoms with E-state index in [4.69, 9.17) is 10.00 Å². The van der Waals surface area contributed by atoms with Crippen LogP contribution in [0.15, 0.2) is 42.5 Å². The lowest BCUT2D eigenvalue weighted by atomic mass is 10.1. The molecular weight excluding hydrogens is 238 g/mol. The highest BCUT2D eigenvalue weighted by Crippen LogP contribution is 2.23. The average Bonchev–Trinajstić information content (AvgIpc) is 2.43. The second kappa shape index (κ2) is 5.36. The second-order valence-corrected chi connectivity index (χ2v) is 4.30. The van der Waals surface area contributed by atoms with Crippen LogP contribution < -0.4 is 4.74 Å². The molecule has 2 rings (SSSR count). The summed E-state index contributed by atoms with van der Waals surface area (Å²) in [5.74, 6) is 0.129. The summed E-state index contributed by atoms with van der Waals surface area (Å²) in [5.41, 5.74) is 2.63. The van der Waals surface area contributed by atoms with Crippen LogP contribution in [-0.2, 0) is 0 Å². The number of ether oxygens (including phenoxy) is 1. The Morgan fingerprint density at radius 2 is 1.74 bits per heavy atom. The summed E-state index contributed by atoms with van der Waals surface area (Å²) in [5, 5.41) is 8.82. The quantitative estimate of drug-likeness (QED) is 0.607. The van der Waals surface area contributed by atoms with Crippen molar-refractivity contribution in [3.63, 3.8) is 0 Å². The molecule has 3 nitrogen and oxygen atoms in total. The van der Waals surface area contributed by atoms with Crippen molar-refractivity contribution in [2.75, 3.05) is 0 Å². The lowest BCUT2D eigenvalue weighted by Crippen LogP contribution is -2.10. The molecule has 0 heterocycles. The summed E-state index contributed by atoms with van der Waals surface area (Å²) in [6.07, 6.45) is 0. The fraction of sp³-hybridized carbons (Fsp3) is 0.125. The molecule has 0 amide bonds. The molecule has 0 radical (unpaired) electrons. The van der Waals surface area contributed by atoms with Crippen LogP contribution in [0, 0.1) is 25.2 Å². The predicted molar refractivity (Wildman–Crippen MR) is 72.0 cm³/mol. The van der Waals surface area contributed by atoms with Gasteiger partial charge in [-0.2, -0.15) is 5.26 Å². The van der Waals surface area contributed by atoms with Crippen LogP contribution >= 0.6 is 0 Å². The third kappa shape index (κ3) is 2.80. The minimum absolute atomic E-state index is 0.377. The van der Waals surface area contributed by atoms with E-state index >= 15 is 0 Å². The molecule has 0 aliphatic heterocycles. The Bertz CT molecular complexity index is 648. The van der Waals surface area contributed by atoms with Gasteiger partial charge in [0.15, 0.2) is 0 Å². The molecule has 0 atom stereocenters. The predicted octanol–water partition coefficient (Wildman–Crippen LogP) is 3.39. The molecule has 0 aromatic heterocycles. The van der Waals surface area contributed by atoms with Crippen molar-refractivity contribution >= 4 is 5.97 Å². The zero-order valence-corrected chi connectivity index (χ0v) is 10.8. The van der Waals surface area contributed by atoms with Gasteiger partial charge in [0, 0.05) is 0 Å². The van der Waals surface area contributed by atoms with Crippen LogP contribution in [0.2, 0.25) is 0 Å². The maximum absolute atomic E-state index is 12.1. The highest BCUT2D eigenvalue weighted by atomic mass is 16.5. The molecular formula is C16H13NO2. The van der Waals surface area contributed by atoms with Gasteiger partial charge < -0.3 is 4.74 Å². The number of nitriles is 1. The molecule has 0 N–H and O–H groups in total. The average molecular weight is 251 g/mol. The van der Waals surface area contributed by atoms with Gasteiger partial charge in [-0.25, -0.2) is 4.79 Å². The monoisotopic (exact) mass is 251 g/mol. The van der Waals surface area contributed by atoms with E-state index < -0.39 is 5.97 Å². The van der Waals surface area contributed by atoms with E-state index in [1.54, 1.807) is 18.2 Å². The molecule has 0 fully saturated rings. The Balaban J connectivity index is 2.29. The van der Waals surface area contributed by atoms with Gasteiger partial charge in [-0.15, -0.1) is 0 Å². The molecule has 0 saturated carbocycles. The maximum Gasteiger partial charge on any atom is 0.343 e. The maximum atomic E-state index is 12.1. The number of para-hydroxylation sites is 1. The van der Waals surface area contributed by atoms with Crippen molar-refractivity contribution in [3.8, 4) is 11.8 Å². The van der Waals surface area contributed by atoms with Gasteiger partial charge in [-0.1, -0.05) is 24.3 Å². The molecule has 0 unspecified atom stereocenters. The van der Waals surface area contributed by atoms with E-state index in [-0.39, 0.29) is 0 Å². The van der Waals surface area contributed by atoms with Gasteiger partial charge in [-0.3, -0.25) is 0 Å². The molecule has 0 aliphatic rings. The van der Waals surface area contributed by atoms with Crippen molar-refractivity contribution < 1.29 is 9.53 Å². The zero-order chi connectivity index (χ0) is 13.8. The minimum atomic E-state index is -0.450. The molecule has 19 heavy (non-hydrogen) atoms. The minimum Gasteiger partial charge on any atom is -0.422 e. The first kappa shape index (κ1) is 12.8. The smallest absolute Gasteiger partial charge is 0.343 e. The van der Waals surface area contributed by atoms with E-state index in [1.165, 1.54) is 6.07 Å². The Hall–Kier alpha value is -2.60. The Labute approximate surface area is 112 Å². The summed E-state index contributed by atoms with van der Waals surface area (Å²) in [4.78, 5) is 12.1. The highest BCUT2D eigenvalue weighted by Gasteiger charge is 2.12. The van der Waals surface area contributed by atoms with E-state index in [1.807, 2.05) is 38.1 Å². The van der Waals surface area contributed by atoms with Crippen molar-refractivity contribution in [1.82, 2.24) is 0 Å². The number of benzene rings is 2. The van der Waals surface area contributed by atoms with Crippen molar-refractivity contribution in [2.24, 2.45) is 0 Å². The fourth-order valence-corrected chi connectivity index (χ4v) is 1.83. The number of carbonyl (C=O) groups is 1. The molecule has 2 aromatic carbocycles. The SMILES string of the molecule is Cc1cccc(C)c1OC(=O)c1cccc(C#N)c1. The zero-order valence-electron chi connectivity index (χ0n) is 10.8. The Kier molecular flexibility index (Phi) is 3.63. The molecule has 2 aromatic rings. The number of hydrogen-bond acceptors (Lipinski definition) is 3. The van der Waals surface area contributed by atoms with Crippen LogP contribution in [0.1, 0.15) is 27.0 Å². The van der Waals surface area contributed by atoms with E-state index in [0.29, 0.717) is 16.9 Å². The van der Waals surface area contributed by atoms with Crippen molar-refractivity contribution in [3.05, 3.63) is 64.7 Å². The Morgan fingerprint density at radius 1 is 1.11 bits per heavy atom. The Morgan fingerprint density at radius 3 is 2.37 bits per heavy atom. The van der Waals surface area contributed by atoms with Crippen LogP contribution in [0.4, 0.5) is 0 Å². The number of esters is 1. The largest absolute Gasteiger partial charge is 0.422 e.